The van der Waals surface area contributed by atoms with E-state index in [0.29, 0.717) is 30.3 Å². The average Bonchev–Trinajstić information content (AvgIpc) is 3.26. The molecular weight excluding hydrogens is 399 g/mol. The minimum Gasteiger partial charge on any atom is -0.372 e. The number of hydrogen-bond donors (Lipinski definition) is 2. The van der Waals surface area contributed by atoms with Gasteiger partial charge in [0.1, 0.15) is 5.82 Å². The third-order valence-electron chi connectivity index (χ3n) is 4.99. The summed E-state index contributed by atoms with van der Waals surface area (Å²) in [5.41, 5.74) is 1.69. The summed E-state index contributed by atoms with van der Waals surface area (Å²) in [5, 5.41) is 9.64. The van der Waals surface area contributed by atoms with Crippen LogP contribution >= 0.6 is 0 Å². The van der Waals surface area contributed by atoms with Crippen LogP contribution in [0.5, 0.6) is 0 Å². The quantitative estimate of drug-likeness (QED) is 0.656. The van der Waals surface area contributed by atoms with Crippen LogP contribution in [-0.2, 0) is 11.3 Å². The highest BCUT2D eigenvalue weighted by atomic mass is 19.1. The summed E-state index contributed by atoms with van der Waals surface area (Å²) >= 11 is 0. The molecule has 8 nitrogen and oxygen atoms in total. The summed E-state index contributed by atoms with van der Waals surface area (Å²) in [6.45, 7) is 5.44. The lowest BCUT2D eigenvalue weighted by molar-refractivity contribution is -0.00539. The predicted octanol–water partition coefficient (Wildman–Crippen LogP) is 3.34. The van der Waals surface area contributed by atoms with E-state index in [0.717, 1.165) is 5.56 Å². The summed E-state index contributed by atoms with van der Waals surface area (Å²) < 4.78 is 22.1. The molecule has 1 saturated heterocycles. The van der Waals surface area contributed by atoms with E-state index < -0.39 is 6.03 Å². The number of benzene rings is 1. The molecule has 3 heterocycles. The van der Waals surface area contributed by atoms with Crippen LogP contribution in [-0.4, -0.2) is 46.1 Å². The van der Waals surface area contributed by atoms with Crippen molar-refractivity contribution in [3.63, 3.8) is 0 Å². The van der Waals surface area contributed by atoms with E-state index in [9.17, 15) is 9.18 Å². The van der Waals surface area contributed by atoms with Crippen molar-refractivity contribution in [1.29, 1.82) is 0 Å². The summed E-state index contributed by atoms with van der Waals surface area (Å²) in [6.07, 6.45) is 5.18. The monoisotopic (exact) mass is 424 g/mol. The molecule has 0 unspecified atom stereocenters. The number of carbonyl (C=O) groups excluding carboxylic acids is 1. The largest absolute Gasteiger partial charge is 0.372 e. The predicted molar refractivity (Wildman–Crippen MR) is 116 cm³/mol. The molecular formula is C22H25FN6O2. The van der Waals surface area contributed by atoms with E-state index in [4.69, 9.17) is 4.74 Å². The van der Waals surface area contributed by atoms with Crippen LogP contribution in [0.4, 0.5) is 20.6 Å². The van der Waals surface area contributed by atoms with Crippen molar-refractivity contribution < 1.29 is 13.9 Å². The third-order valence-corrected chi connectivity index (χ3v) is 4.99. The van der Waals surface area contributed by atoms with Crippen molar-refractivity contribution in [3.05, 3.63) is 66.4 Å². The normalized spacial score (nSPS) is 18.6. The number of nitrogens with one attached hydrogen (secondary N) is 2. The molecule has 9 heteroatoms. The van der Waals surface area contributed by atoms with Gasteiger partial charge in [-0.1, -0.05) is 6.07 Å². The van der Waals surface area contributed by atoms with Gasteiger partial charge in [0.15, 0.2) is 5.82 Å². The Morgan fingerprint density at radius 2 is 2.00 bits per heavy atom. The van der Waals surface area contributed by atoms with Gasteiger partial charge in [-0.15, -0.1) is 0 Å². The van der Waals surface area contributed by atoms with Gasteiger partial charge in [0.2, 0.25) is 0 Å². The summed E-state index contributed by atoms with van der Waals surface area (Å²) in [6, 6.07) is 9.74. The highest BCUT2D eigenvalue weighted by Crippen LogP contribution is 2.26. The van der Waals surface area contributed by atoms with Crippen LogP contribution in [0, 0.1) is 5.82 Å². The number of hydrogen-bond acceptors (Lipinski definition) is 5. The van der Waals surface area contributed by atoms with Crippen molar-refractivity contribution in [1.82, 2.24) is 20.1 Å². The second-order valence-electron chi connectivity index (χ2n) is 7.57. The van der Waals surface area contributed by atoms with Gasteiger partial charge in [0, 0.05) is 49.5 Å². The van der Waals surface area contributed by atoms with Crippen LogP contribution < -0.4 is 15.5 Å². The van der Waals surface area contributed by atoms with Gasteiger partial charge in [0.05, 0.1) is 17.9 Å². The van der Waals surface area contributed by atoms with Crippen LogP contribution in [0.3, 0.4) is 0 Å². The molecule has 2 atom stereocenters. The molecule has 1 fully saturated rings. The zero-order valence-corrected chi connectivity index (χ0v) is 17.5. The Labute approximate surface area is 180 Å². The smallest absolute Gasteiger partial charge is 0.319 e. The van der Waals surface area contributed by atoms with E-state index in [1.807, 2.05) is 24.8 Å². The molecule has 1 aliphatic rings. The number of pyridine rings is 1. The van der Waals surface area contributed by atoms with Gasteiger partial charge in [-0.2, -0.15) is 5.10 Å². The lowest BCUT2D eigenvalue weighted by Gasteiger charge is -2.37. The van der Waals surface area contributed by atoms with Crippen LogP contribution in [0.15, 0.2) is 55.0 Å². The molecule has 1 aliphatic heterocycles. The van der Waals surface area contributed by atoms with Gasteiger partial charge in [-0.25, -0.2) is 18.9 Å². The SMILES string of the molecule is C[C@@H]1CN(c2ccc(NC(=O)NCc3cccnc3-n3cccn3)cc2F)C[C@H](C)O1. The van der Waals surface area contributed by atoms with Crippen LogP contribution in [0.2, 0.25) is 0 Å². The van der Waals surface area contributed by atoms with Crippen molar-refractivity contribution in [3.8, 4) is 5.82 Å². The number of nitrogens with zero attached hydrogens (tertiary/aromatic N) is 4. The molecule has 2 amide bonds. The number of morpholine rings is 1. The van der Waals surface area contributed by atoms with E-state index >= 15 is 0 Å². The fourth-order valence-electron chi connectivity index (χ4n) is 3.74. The molecule has 3 aromatic rings. The Morgan fingerprint density at radius 3 is 2.71 bits per heavy atom. The van der Waals surface area contributed by atoms with Crippen molar-refractivity contribution >= 4 is 17.4 Å². The molecule has 0 radical (unpaired) electrons. The molecule has 0 bridgehead atoms. The highest BCUT2D eigenvalue weighted by Gasteiger charge is 2.24. The Kier molecular flexibility index (Phi) is 6.13. The topological polar surface area (TPSA) is 84.3 Å². The van der Waals surface area contributed by atoms with E-state index in [-0.39, 0.29) is 24.6 Å². The Bertz CT molecular complexity index is 1030. The van der Waals surface area contributed by atoms with Crippen LogP contribution in [0.1, 0.15) is 19.4 Å². The van der Waals surface area contributed by atoms with Crippen molar-refractivity contribution in [2.75, 3.05) is 23.3 Å². The molecule has 2 N–H and O–H groups in total. The Morgan fingerprint density at radius 1 is 1.19 bits per heavy atom. The third kappa shape index (κ3) is 5.00. The molecule has 1 aromatic carbocycles. The first kappa shape index (κ1) is 20.8. The number of urea groups is 1. The number of carbonyl (C=O) groups is 1. The molecule has 4 rings (SSSR count). The van der Waals surface area contributed by atoms with Gasteiger partial charge >= 0.3 is 6.03 Å². The number of halogens is 1. The van der Waals surface area contributed by atoms with Gasteiger partial charge in [0.25, 0.3) is 0 Å². The van der Waals surface area contributed by atoms with Gasteiger partial charge in [-0.3, -0.25) is 0 Å². The van der Waals surface area contributed by atoms with Crippen molar-refractivity contribution in [2.45, 2.75) is 32.6 Å². The molecule has 2 aromatic heterocycles. The molecule has 0 saturated carbocycles. The average molecular weight is 424 g/mol. The Hall–Kier alpha value is -3.46. The molecule has 0 spiro atoms. The summed E-state index contributed by atoms with van der Waals surface area (Å²) in [4.78, 5) is 18.6. The zero-order chi connectivity index (χ0) is 21.8. The second-order valence-corrected chi connectivity index (χ2v) is 7.57. The first-order valence-electron chi connectivity index (χ1n) is 10.2. The first-order valence-corrected chi connectivity index (χ1v) is 10.2. The minimum absolute atomic E-state index is 0.0332. The lowest BCUT2D eigenvalue weighted by Crippen LogP contribution is -2.45. The first-order chi connectivity index (χ1) is 15.0. The van der Waals surface area contributed by atoms with Gasteiger partial charge < -0.3 is 20.3 Å². The molecule has 0 aliphatic carbocycles. The lowest BCUT2D eigenvalue weighted by atomic mass is 10.2. The fourth-order valence-corrected chi connectivity index (χ4v) is 3.74. The number of rotatable bonds is 5. The highest BCUT2D eigenvalue weighted by molar-refractivity contribution is 5.89. The maximum atomic E-state index is 14.7. The Balaban J connectivity index is 1.38. The minimum atomic E-state index is -0.434. The summed E-state index contributed by atoms with van der Waals surface area (Å²) in [7, 11) is 0. The number of amides is 2. The van der Waals surface area contributed by atoms with E-state index in [1.54, 1.807) is 47.5 Å². The maximum absolute atomic E-state index is 14.7. The maximum Gasteiger partial charge on any atom is 0.319 e. The summed E-state index contributed by atoms with van der Waals surface area (Å²) in [5.74, 6) is 0.254. The number of anilines is 2. The zero-order valence-electron chi connectivity index (χ0n) is 17.5. The standard InChI is InChI=1S/C22H25FN6O2/c1-15-13-28(14-16(2)31-15)20-7-6-18(11-19(20)23)27-22(30)25-12-17-5-3-8-24-21(17)29-10-4-9-26-29/h3-11,15-16H,12-14H2,1-2H3,(H2,25,27,30)/t15-,16+. The van der Waals surface area contributed by atoms with E-state index in [2.05, 4.69) is 20.7 Å². The van der Waals surface area contributed by atoms with E-state index in [1.165, 1.54) is 6.07 Å². The fraction of sp³-hybridized carbons (Fsp3) is 0.318. The second kappa shape index (κ2) is 9.13. The molecule has 162 valence electrons. The molecule has 31 heavy (non-hydrogen) atoms. The van der Waals surface area contributed by atoms with Crippen LogP contribution in [0.25, 0.3) is 5.82 Å². The number of ether oxygens (including phenoxy) is 1. The number of aromatic nitrogens is 3. The van der Waals surface area contributed by atoms with Crippen molar-refractivity contribution in [2.24, 2.45) is 0 Å². The van der Waals surface area contributed by atoms with Gasteiger partial charge in [-0.05, 0) is 44.2 Å².